The fraction of sp³-hybridized carbons (Fsp3) is 0.500. The number of nitrogens with two attached hydrogens (primary N) is 1. The zero-order valence-electron chi connectivity index (χ0n) is 4.54. The second kappa shape index (κ2) is 4.66. The molecule has 0 aromatic rings. The summed E-state index contributed by atoms with van der Waals surface area (Å²) in [6, 6.07) is 0. The zero-order chi connectivity index (χ0) is 6.57. The number of nitrogens with one attached hydrogen (secondary N) is 1. The van der Waals surface area contributed by atoms with Crippen LogP contribution in [0.25, 0.3) is 0 Å². The third-order valence-corrected chi connectivity index (χ3v) is 3.28. The van der Waals surface area contributed by atoms with E-state index >= 15 is 0 Å². The summed E-state index contributed by atoms with van der Waals surface area (Å²) < 4.78 is 3.96. The Morgan fingerprint density at radius 3 is 2.38 bits per heavy atom. The van der Waals surface area contributed by atoms with Crippen molar-refractivity contribution < 1.29 is 0 Å². The SMILES string of the molecule is CC/C(N)=C(/I)NI. The van der Waals surface area contributed by atoms with Gasteiger partial charge < -0.3 is 9.26 Å². The molecule has 0 aromatic heterocycles. The minimum atomic E-state index is 0.911. The van der Waals surface area contributed by atoms with Gasteiger partial charge in [0.1, 0.15) is 3.70 Å². The van der Waals surface area contributed by atoms with E-state index in [1.807, 2.05) is 6.92 Å². The fourth-order valence-corrected chi connectivity index (χ4v) is 0.944. The van der Waals surface area contributed by atoms with Crippen LogP contribution in [-0.4, -0.2) is 0 Å². The quantitative estimate of drug-likeness (QED) is 0.459. The van der Waals surface area contributed by atoms with Gasteiger partial charge in [-0.25, -0.2) is 0 Å². The molecular formula is C4H8I2N2. The molecule has 0 aromatic carbocycles. The molecule has 0 rings (SSSR count). The van der Waals surface area contributed by atoms with Crippen molar-refractivity contribution in [3.05, 3.63) is 9.40 Å². The molecule has 48 valence electrons. The summed E-state index contributed by atoms with van der Waals surface area (Å²) in [5.74, 6) is 0. The van der Waals surface area contributed by atoms with Crippen molar-refractivity contribution in [3.8, 4) is 0 Å². The molecule has 0 aliphatic heterocycles. The van der Waals surface area contributed by atoms with Gasteiger partial charge in [-0.1, -0.05) is 6.92 Å². The lowest BCUT2D eigenvalue weighted by molar-refractivity contribution is 1.05. The normalized spacial score (nSPS) is 12.9. The van der Waals surface area contributed by atoms with E-state index < -0.39 is 0 Å². The summed E-state index contributed by atoms with van der Waals surface area (Å²) in [6.07, 6.45) is 0.911. The number of rotatable bonds is 2. The van der Waals surface area contributed by atoms with Crippen molar-refractivity contribution in [2.45, 2.75) is 13.3 Å². The molecule has 0 atom stereocenters. The lowest BCUT2D eigenvalue weighted by atomic mass is 10.4. The van der Waals surface area contributed by atoms with Crippen LogP contribution in [0.1, 0.15) is 13.3 Å². The van der Waals surface area contributed by atoms with E-state index in [0.717, 1.165) is 15.8 Å². The van der Waals surface area contributed by atoms with E-state index in [2.05, 4.69) is 49.0 Å². The van der Waals surface area contributed by atoms with Gasteiger partial charge in [-0.3, -0.25) is 0 Å². The smallest absolute Gasteiger partial charge is 0.101 e. The first-order chi connectivity index (χ1) is 3.72. The minimum absolute atomic E-state index is 0.911. The third-order valence-electron chi connectivity index (χ3n) is 0.746. The first-order valence-electron chi connectivity index (χ1n) is 2.23. The predicted molar refractivity (Wildman–Crippen MR) is 52.7 cm³/mol. The Kier molecular flexibility index (Phi) is 5.12. The molecule has 0 spiro atoms. The van der Waals surface area contributed by atoms with E-state index in [1.165, 1.54) is 0 Å². The van der Waals surface area contributed by atoms with Gasteiger partial charge in [0.25, 0.3) is 0 Å². The van der Waals surface area contributed by atoms with E-state index in [-0.39, 0.29) is 0 Å². The maximum absolute atomic E-state index is 5.53. The molecule has 0 radical (unpaired) electrons. The molecule has 0 bridgehead atoms. The van der Waals surface area contributed by atoms with Gasteiger partial charge >= 0.3 is 0 Å². The lowest BCUT2D eigenvalue weighted by Gasteiger charge is -1.98. The predicted octanol–water partition coefficient (Wildman–Crippen LogP) is 1.90. The number of halogens is 2. The average molecular weight is 338 g/mol. The summed E-state index contributed by atoms with van der Waals surface area (Å²) in [4.78, 5) is 0. The molecule has 0 amide bonds. The summed E-state index contributed by atoms with van der Waals surface area (Å²) in [7, 11) is 0. The van der Waals surface area contributed by atoms with Gasteiger partial charge in [0.15, 0.2) is 0 Å². The molecule has 0 unspecified atom stereocenters. The first-order valence-corrected chi connectivity index (χ1v) is 4.38. The van der Waals surface area contributed by atoms with Crippen LogP contribution < -0.4 is 9.26 Å². The van der Waals surface area contributed by atoms with Crippen LogP contribution in [0.15, 0.2) is 9.40 Å². The molecule has 0 fully saturated rings. The number of allylic oxidation sites excluding steroid dienone is 1. The Morgan fingerprint density at radius 2 is 2.25 bits per heavy atom. The summed E-state index contributed by atoms with van der Waals surface area (Å²) in [5.41, 5.74) is 6.45. The number of hydrogen-bond donors (Lipinski definition) is 2. The van der Waals surface area contributed by atoms with Crippen LogP contribution in [0.5, 0.6) is 0 Å². The molecule has 0 saturated heterocycles. The Balaban J connectivity index is 3.83. The first kappa shape index (κ1) is 8.80. The van der Waals surface area contributed by atoms with Crippen LogP contribution in [0, 0.1) is 0 Å². The van der Waals surface area contributed by atoms with Crippen LogP contribution in [0.2, 0.25) is 0 Å². The van der Waals surface area contributed by atoms with E-state index in [9.17, 15) is 0 Å². The second-order valence-electron chi connectivity index (χ2n) is 1.29. The van der Waals surface area contributed by atoms with Crippen molar-refractivity contribution >= 4 is 45.5 Å². The molecule has 0 aliphatic carbocycles. The highest BCUT2D eigenvalue weighted by atomic mass is 127. The van der Waals surface area contributed by atoms with Crippen LogP contribution >= 0.6 is 45.5 Å². The van der Waals surface area contributed by atoms with Crippen molar-refractivity contribution in [1.29, 1.82) is 0 Å². The summed E-state index contributed by atoms with van der Waals surface area (Å²) in [6.45, 7) is 2.03. The largest absolute Gasteiger partial charge is 0.400 e. The maximum Gasteiger partial charge on any atom is 0.101 e. The second-order valence-corrected chi connectivity index (χ2v) is 2.91. The Bertz CT molecular complexity index is 88.2. The molecule has 0 saturated carbocycles. The van der Waals surface area contributed by atoms with Crippen LogP contribution in [0.4, 0.5) is 0 Å². The maximum atomic E-state index is 5.53. The Hall–Kier alpha value is 0.800. The van der Waals surface area contributed by atoms with Gasteiger partial charge in [-0.15, -0.1) is 0 Å². The van der Waals surface area contributed by atoms with Gasteiger partial charge in [0, 0.05) is 5.70 Å². The fourth-order valence-electron chi connectivity index (χ4n) is 0.216. The van der Waals surface area contributed by atoms with Crippen molar-refractivity contribution in [2.24, 2.45) is 5.73 Å². The molecule has 3 N–H and O–H groups in total. The summed E-state index contributed by atoms with van der Waals surface area (Å²) >= 11 is 4.22. The number of hydrogen-bond acceptors (Lipinski definition) is 2. The molecular weight excluding hydrogens is 330 g/mol. The molecule has 8 heavy (non-hydrogen) atoms. The highest BCUT2D eigenvalue weighted by Crippen LogP contribution is 2.08. The molecule has 4 heteroatoms. The third kappa shape index (κ3) is 2.95. The monoisotopic (exact) mass is 338 g/mol. The zero-order valence-corrected chi connectivity index (χ0v) is 8.86. The Labute approximate surface area is 76.9 Å². The average Bonchev–Trinajstić information content (AvgIpc) is 1.84. The van der Waals surface area contributed by atoms with E-state index in [4.69, 9.17) is 5.73 Å². The molecule has 0 aliphatic rings. The van der Waals surface area contributed by atoms with Gasteiger partial charge in [0.2, 0.25) is 0 Å². The standard InChI is InChI=1S/C4H8I2N2/c1-2-3(7)4(5)8-6/h8H,2,7H2,1H3/b4-3+. The van der Waals surface area contributed by atoms with E-state index in [0.29, 0.717) is 0 Å². The van der Waals surface area contributed by atoms with Gasteiger partial charge in [0.05, 0.1) is 22.9 Å². The van der Waals surface area contributed by atoms with Crippen molar-refractivity contribution in [1.82, 2.24) is 3.53 Å². The van der Waals surface area contributed by atoms with Gasteiger partial charge in [-0.2, -0.15) is 0 Å². The molecule has 2 nitrogen and oxygen atoms in total. The molecule has 0 heterocycles. The highest BCUT2D eigenvalue weighted by molar-refractivity contribution is 14.1. The highest BCUT2D eigenvalue weighted by Gasteiger charge is 1.91. The van der Waals surface area contributed by atoms with Gasteiger partial charge in [-0.05, 0) is 29.0 Å². The topological polar surface area (TPSA) is 38.0 Å². The van der Waals surface area contributed by atoms with Crippen LogP contribution in [0.3, 0.4) is 0 Å². The van der Waals surface area contributed by atoms with Crippen LogP contribution in [-0.2, 0) is 0 Å². The Morgan fingerprint density at radius 1 is 1.75 bits per heavy atom. The lowest BCUT2D eigenvalue weighted by Crippen LogP contribution is -2.03. The van der Waals surface area contributed by atoms with Crippen molar-refractivity contribution in [3.63, 3.8) is 0 Å². The minimum Gasteiger partial charge on any atom is -0.400 e. The van der Waals surface area contributed by atoms with E-state index in [1.54, 1.807) is 0 Å². The summed E-state index contributed by atoms with van der Waals surface area (Å²) in [5, 5.41) is 0. The van der Waals surface area contributed by atoms with Crippen molar-refractivity contribution in [2.75, 3.05) is 0 Å².